The van der Waals surface area contributed by atoms with Crippen LogP contribution in [0.3, 0.4) is 0 Å². The van der Waals surface area contributed by atoms with Crippen LogP contribution < -0.4 is 5.32 Å². The number of amides is 2. The van der Waals surface area contributed by atoms with Gasteiger partial charge in [0.1, 0.15) is 6.54 Å². The Bertz CT molecular complexity index is 259. The van der Waals surface area contributed by atoms with Crippen LogP contribution in [0.15, 0.2) is 0 Å². The highest BCUT2D eigenvalue weighted by atomic mass is 32.2. The van der Waals surface area contributed by atoms with Gasteiger partial charge in [-0.3, -0.25) is 4.79 Å². The zero-order valence-corrected chi connectivity index (χ0v) is 11.7. The van der Waals surface area contributed by atoms with Crippen LogP contribution in [0.2, 0.25) is 0 Å². The monoisotopic (exact) mass is 262 g/mol. The van der Waals surface area contributed by atoms with Crippen LogP contribution in [0.4, 0.5) is 4.79 Å². The Balaban J connectivity index is 4.45. The van der Waals surface area contributed by atoms with E-state index in [1.54, 1.807) is 25.6 Å². The van der Waals surface area contributed by atoms with Gasteiger partial charge in [-0.25, -0.2) is 4.79 Å². The highest BCUT2D eigenvalue weighted by molar-refractivity contribution is 7.98. The van der Waals surface area contributed by atoms with Gasteiger partial charge in [0.25, 0.3) is 0 Å². The number of urea groups is 1. The number of carboxylic acid groups (broad SMARTS) is 1. The summed E-state index contributed by atoms with van der Waals surface area (Å²) in [4.78, 5) is 23.9. The number of nitrogens with one attached hydrogen (secondary N) is 1. The number of nitrogens with zero attached hydrogens (tertiary/aromatic N) is 1. The fourth-order valence-electron chi connectivity index (χ4n) is 1.35. The Morgan fingerprint density at radius 1 is 1.41 bits per heavy atom. The van der Waals surface area contributed by atoms with E-state index in [1.807, 2.05) is 13.2 Å². The summed E-state index contributed by atoms with van der Waals surface area (Å²) in [6.07, 6.45) is 2.82. The van der Waals surface area contributed by atoms with Crippen LogP contribution >= 0.6 is 11.8 Å². The Morgan fingerprint density at radius 2 is 2.00 bits per heavy atom. The van der Waals surface area contributed by atoms with Gasteiger partial charge in [0, 0.05) is 17.8 Å². The van der Waals surface area contributed by atoms with Crippen LogP contribution in [-0.2, 0) is 4.79 Å². The van der Waals surface area contributed by atoms with Gasteiger partial charge >= 0.3 is 12.0 Å². The number of aliphatic carboxylic acids is 1. The summed E-state index contributed by atoms with van der Waals surface area (Å²) in [5, 5.41) is 11.6. The summed E-state index contributed by atoms with van der Waals surface area (Å²) >= 11 is 1.66. The minimum atomic E-state index is -0.994. The second-order valence-electron chi connectivity index (χ2n) is 4.13. The third kappa shape index (κ3) is 6.41. The van der Waals surface area contributed by atoms with Crippen molar-refractivity contribution in [2.24, 2.45) is 0 Å². The molecule has 6 heteroatoms. The molecule has 0 bridgehead atoms. The van der Waals surface area contributed by atoms with Crippen LogP contribution in [0.25, 0.3) is 0 Å². The van der Waals surface area contributed by atoms with Gasteiger partial charge in [0.2, 0.25) is 0 Å². The third-order valence-corrected chi connectivity index (χ3v) is 3.11. The van der Waals surface area contributed by atoms with Crippen molar-refractivity contribution in [2.75, 3.05) is 18.6 Å². The Morgan fingerprint density at radius 3 is 2.35 bits per heavy atom. The minimum Gasteiger partial charge on any atom is -0.480 e. The quantitative estimate of drug-likeness (QED) is 0.731. The van der Waals surface area contributed by atoms with Gasteiger partial charge in [0.15, 0.2) is 0 Å². The summed E-state index contributed by atoms with van der Waals surface area (Å²) in [5.41, 5.74) is 0. The van der Waals surface area contributed by atoms with Gasteiger partial charge in [-0.15, -0.1) is 0 Å². The molecule has 17 heavy (non-hydrogen) atoms. The largest absolute Gasteiger partial charge is 0.480 e. The van der Waals surface area contributed by atoms with Gasteiger partial charge in [-0.2, -0.15) is 11.8 Å². The fraction of sp³-hybridized carbons (Fsp3) is 0.818. The van der Waals surface area contributed by atoms with Gasteiger partial charge in [0.05, 0.1) is 0 Å². The molecule has 1 unspecified atom stereocenters. The van der Waals surface area contributed by atoms with E-state index in [0.29, 0.717) is 0 Å². The van der Waals surface area contributed by atoms with Crippen molar-refractivity contribution in [3.63, 3.8) is 0 Å². The number of carbonyl (C=O) groups is 2. The predicted octanol–water partition coefficient (Wildman–Crippen LogP) is 1.63. The molecule has 0 aliphatic carbocycles. The molecule has 2 N–H and O–H groups in total. The van der Waals surface area contributed by atoms with E-state index in [9.17, 15) is 9.59 Å². The molecular weight excluding hydrogens is 240 g/mol. The standard InChI is InChI=1S/C11H22N2O3S/c1-5-9(7-17-4)12-11(16)13(8(2)3)6-10(14)15/h8-9H,5-7H2,1-4H3,(H,12,16)(H,14,15). The van der Waals surface area contributed by atoms with Crippen LogP contribution in [0, 0.1) is 0 Å². The van der Waals surface area contributed by atoms with Crippen molar-refractivity contribution in [3.05, 3.63) is 0 Å². The van der Waals surface area contributed by atoms with Gasteiger partial charge < -0.3 is 15.3 Å². The SMILES string of the molecule is CCC(CSC)NC(=O)N(CC(=O)O)C(C)C. The van der Waals surface area contributed by atoms with E-state index in [1.165, 1.54) is 4.90 Å². The molecule has 5 nitrogen and oxygen atoms in total. The average molecular weight is 262 g/mol. The smallest absolute Gasteiger partial charge is 0.323 e. The third-order valence-electron chi connectivity index (χ3n) is 2.38. The molecular formula is C11H22N2O3S. The summed E-state index contributed by atoms with van der Waals surface area (Å²) in [5.74, 6) is -0.159. The lowest BCUT2D eigenvalue weighted by Crippen LogP contribution is -2.50. The Kier molecular flexibility index (Phi) is 7.78. The highest BCUT2D eigenvalue weighted by Gasteiger charge is 2.21. The molecule has 0 fully saturated rings. The molecule has 1 atom stereocenters. The van der Waals surface area contributed by atoms with E-state index in [2.05, 4.69) is 5.32 Å². The molecule has 0 heterocycles. The topological polar surface area (TPSA) is 69.6 Å². The van der Waals surface area contributed by atoms with Crippen LogP contribution in [-0.4, -0.2) is 52.6 Å². The normalized spacial score (nSPS) is 12.3. The maximum absolute atomic E-state index is 11.9. The first-order valence-electron chi connectivity index (χ1n) is 5.70. The summed E-state index contributed by atoms with van der Waals surface area (Å²) in [6, 6.07) is -0.339. The molecule has 0 saturated heterocycles. The van der Waals surface area contributed by atoms with Crippen LogP contribution in [0.1, 0.15) is 27.2 Å². The lowest BCUT2D eigenvalue weighted by atomic mass is 10.2. The summed E-state index contributed by atoms with van der Waals surface area (Å²) in [7, 11) is 0. The molecule has 0 saturated carbocycles. The summed E-state index contributed by atoms with van der Waals surface area (Å²) in [6.45, 7) is 5.34. The second kappa shape index (κ2) is 8.22. The maximum Gasteiger partial charge on any atom is 0.323 e. The maximum atomic E-state index is 11.9. The first kappa shape index (κ1) is 16.1. The van der Waals surface area contributed by atoms with Crippen molar-refractivity contribution in [1.29, 1.82) is 0 Å². The first-order chi connectivity index (χ1) is 7.92. The molecule has 100 valence electrons. The van der Waals surface area contributed by atoms with E-state index in [4.69, 9.17) is 5.11 Å². The predicted molar refractivity (Wildman–Crippen MR) is 70.5 cm³/mol. The molecule has 0 aromatic carbocycles. The Labute approximate surface area is 107 Å². The van der Waals surface area contributed by atoms with Gasteiger partial charge in [-0.1, -0.05) is 6.92 Å². The molecule has 0 aliphatic heterocycles. The fourth-order valence-corrected chi connectivity index (χ4v) is 2.08. The number of carbonyl (C=O) groups excluding carboxylic acids is 1. The number of carboxylic acids is 1. The van der Waals surface area contributed by atoms with Crippen molar-refractivity contribution < 1.29 is 14.7 Å². The minimum absolute atomic E-state index is 0.0903. The molecule has 0 aliphatic rings. The van der Waals surface area contributed by atoms with Crippen LogP contribution in [0.5, 0.6) is 0 Å². The number of rotatable bonds is 7. The number of hydrogen-bond donors (Lipinski definition) is 2. The Hall–Kier alpha value is -0.910. The molecule has 2 amide bonds. The molecule has 0 rings (SSSR count). The molecule has 0 aromatic rings. The second-order valence-corrected chi connectivity index (χ2v) is 5.04. The van der Waals surface area contributed by atoms with E-state index >= 15 is 0 Å². The van der Waals surface area contributed by atoms with Crippen molar-refractivity contribution >= 4 is 23.8 Å². The van der Waals surface area contributed by atoms with E-state index in [0.717, 1.165) is 12.2 Å². The first-order valence-corrected chi connectivity index (χ1v) is 7.09. The zero-order chi connectivity index (χ0) is 13.4. The summed E-state index contributed by atoms with van der Waals surface area (Å²) < 4.78 is 0. The molecule has 0 aromatic heterocycles. The van der Waals surface area contributed by atoms with Crippen molar-refractivity contribution in [1.82, 2.24) is 10.2 Å². The van der Waals surface area contributed by atoms with Crippen molar-refractivity contribution in [3.8, 4) is 0 Å². The van der Waals surface area contributed by atoms with Crippen molar-refractivity contribution in [2.45, 2.75) is 39.3 Å². The average Bonchev–Trinajstić information content (AvgIpc) is 2.24. The number of thioether (sulfide) groups is 1. The van der Waals surface area contributed by atoms with E-state index < -0.39 is 5.97 Å². The molecule has 0 radical (unpaired) electrons. The lowest BCUT2D eigenvalue weighted by molar-refractivity contribution is -0.138. The zero-order valence-electron chi connectivity index (χ0n) is 10.9. The number of hydrogen-bond acceptors (Lipinski definition) is 3. The van der Waals surface area contributed by atoms with E-state index in [-0.39, 0.29) is 24.7 Å². The highest BCUT2D eigenvalue weighted by Crippen LogP contribution is 2.04. The molecule has 0 spiro atoms. The van der Waals surface area contributed by atoms with Gasteiger partial charge in [-0.05, 0) is 26.5 Å². The lowest BCUT2D eigenvalue weighted by Gasteiger charge is -2.27.